The molecule has 0 unspecified atom stereocenters. The van der Waals surface area contributed by atoms with Crippen LogP contribution in [-0.2, 0) is 23.7 Å². The zero-order valence-corrected chi connectivity index (χ0v) is 16.9. The highest BCUT2D eigenvalue weighted by molar-refractivity contribution is 5.75. The molecule has 0 aliphatic heterocycles. The molecule has 3 aromatic rings. The molecule has 0 saturated heterocycles. The summed E-state index contributed by atoms with van der Waals surface area (Å²) in [6.45, 7) is 0.895. The normalized spacial score (nSPS) is 11.2. The second-order valence-electron chi connectivity index (χ2n) is 6.87. The van der Waals surface area contributed by atoms with Crippen LogP contribution in [0.2, 0.25) is 0 Å². The van der Waals surface area contributed by atoms with Crippen molar-refractivity contribution in [3.8, 4) is 0 Å². The third-order valence-corrected chi connectivity index (χ3v) is 4.53. The zero-order chi connectivity index (χ0) is 22.3. The zero-order valence-electron chi connectivity index (χ0n) is 16.9. The summed E-state index contributed by atoms with van der Waals surface area (Å²) in [6, 6.07) is 7.91. The van der Waals surface area contributed by atoms with Crippen LogP contribution in [0.5, 0.6) is 0 Å². The van der Waals surface area contributed by atoms with Crippen LogP contribution in [0.3, 0.4) is 0 Å². The Kier molecular flexibility index (Phi) is 7.01. The summed E-state index contributed by atoms with van der Waals surface area (Å²) in [6.07, 6.45) is 6.60. The number of anilines is 1. The third kappa shape index (κ3) is 5.91. The van der Waals surface area contributed by atoms with Gasteiger partial charge in [0.15, 0.2) is 5.82 Å². The first kappa shape index (κ1) is 22.0. The van der Waals surface area contributed by atoms with Gasteiger partial charge < -0.3 is 10.6 Å². The molecule has 10 heteroatoms. The van der Waals surface area contributed by atoms with Crippen LogP contribution in [0.15, 0.2) is 59.9 Å². The Morgan fingerprint density at radius 3 is 2.68 bits per heavy atom. The van der Waals surface area contributed by atoms with Crippen LogP contribution in [0.1, 0.15) is 17.0 Å². The fourth-order valence-electron chi connectivity index (χ4n) is 2.84. The van der Waals surface area contributed by atoms with Crippen molar-refractivity contribution < 1.29 is 13.6 Å². The number of aryl methyl sites for hydroxylation is 1. The van der Waals surface area contributed by atoms with Gasteiger partial charge in [0, 0.05) is 37.0 Å². The summed E-state index contributed by atoms with van der Waals surface area (Å²) < 4.78 is 29.8. The topological polar surface area (TPSA) is 102 Å². The standard InChI is InChI=1S/C21H22F2N6O2/c1-15-11-27-19(28-14-21(22,23)17-6-2-3-9-25-17)20(31)29(15)13-18(30)26-10-7-16-5-4-8-24-12-16/h2-6,8-9,11-12H,7,10,13-14H2,1H3,(H,26,30)(H,27,28). The van der Waals surface area contributed by atoms with Gasteiger partial charge in [-0.15, -0.1) is 0 Å². The number of nitrogens with one attached hydrogen (secondary N) is 2. The molecule has 0 spiro atoms. The highest BCUT2D eigenvalue weighted by Gasteiger charge is 2.33. The van der Waals surface area contributed by atoms with E-state index in [-0.39, 0.29) is 18.3 Å². The van der Waals surface area contributed by atoms with E-state index in [4.69, 9.17) is 0 Å². The van der Waals surface area contributed by atoms with Crippen LogP contribution in [0.4, 0.5) is 14.6 Å². The highest BCUT2D eigenvalue weighted by atomic mass is 19.3. The van der Waals surface area contributed by atoms with E-state index in [1.165, 1.54) is 35.2 Å². The molecular weight excluding hydrogens is 406 g/mol. The number of rotatable bonds is 9. The number of hydrogen-bond donors (Lipinski definition) is 2. The summed E-state index contributed by atoms with van der Waals surface area (Å²) in [7, 11) is 0. The molecule has 1 amide bonds. The minimum Gasteiger partial charge on any atom is -0.359 e. The number of pyridine rings is 2. The molecule has 3 aromatic heterocycles. The molecule has 0 radical (unpaired) electrons. The number of alkyl halides is 2. The average Bonchev–Trinajstić information content (AvgIpc) is 2.77. The van der Waals surface area contributed by atoms with E-state index in [1.807, 2.05) is 12.1 Å². The summed E-state index contributed by atoms with van der Waals surface area (Å²) in [4.78, 5) is 36.5. The molecule has 0 atom stereocenters. The molecule has 0 aliphatic rings. The number of hydrogen-bond acceptors (Lipinski definition) is 6. The summed E-state index contributed by atoms with van der Waals surface area (Å²) in [5, 5.41) is 5.12. The van der Waals surface area contributed by atoms with E-state index in [9.17, 15) is 18.4 Å². The Bertz CT molecular complexity index is 1070. The van der Waals surface area contributed by atoms with E-state index >= 15 is 0 Å². The van der Waals surface area contributed by atoms with Crippen LogP contribution in [0, 0.1) is 6.92 Å². The van der Waals surface area contributed by atoms with Gasteiger partial charge in [-0.1, -0.05) is 12.1 Å². The predicted octanol–water partition coefficient (Wildman–Crippen LogP) is 1.90. The smallest absolute Gasteiger partial charge is 0.306 e. The lowest BCUT2D eigenvalue weighted by molar-refractivity contribution is -0.121. The molecule has 0 saturated carbocycles. The van der Waals surface area contributed by atoms with Crippen molar-refractivity contribution in [1.29, 1.82) is 0 Å². The summed E-state index contributed by atoms with van der Waals surface area (Å²) in [5.74, 6) is -3.93. The summed E-state index contributed by atoms with van der Waals surface area (Å²) in [5.41, 5.74) is 0.344. The molecule has 0 bridgehead atoms. The largest absolute Gasteiger partial charge is 0.359 e. The van der Waals surface area contributed by atoms with Crippen molar-refractivity contribution >= 4 is 11.7 Å². The molecule has 8 nitrogen and oxygen atoms in total. The van der Waals surface area contributed by atoms with Gasteiger partial charge in [0.25, 0.3) is 5.56 Å². The van der Waals surface area contributed by atoms with Crippen molar-refractivity contribution in [3.63, 3.8) is 0 Å². The van der Waals surface area contributed by atoms with Crippen molar-refractivity contribution in [2.75, 3.05) is 18.4 Å². The fourth-order valence-corrected chi connectivity index (χ4v) is 2.84. The quantitative estimate of drug-likeness (QED) is 0.540. The Labute approximate surface area is 177 Å². The van der Waals surface area contributed by atoms with Crippen molar-refractivity contribution in [2.24, 2.45) is 0 Å². The van der Waals surface area contributed by atoms with Gasteiger partial charge in [-0.2, -0.15) is 8.78 Å². The number of aromatic nitrogens is 4. The number of carbonyl (C=O) groups excluding carboxylic acids is 1. The minimum absolute atomic E-state index is 0.245. The molecule has 0 aromatic carbocycles. The molecule has 0 fully saturated rings. The van der Waals surface area contributed by atoms with Crippen LogP contribution in [0.25, 0.3) is 0 Å². The number of amides is 1. The molecule has 3 rings (SSSR count). The number of halogens is 2. The van der Waals surface area contributed by atoms with E-state index < -0.39 is 23.7 Å². The molecule has 162 valence electrons. The minimum atomic E-state index is -3.30. The maximum absolute atomic E-state index is 14.3. The SMILES string of the molecule is Cc1cnc(NCC(F)(F)c2ccccn2)c(=O)n1CC(=O)NCCc1cccnc1. The van der Waals surface area contributed by atoms with Crippen molar-refractivity contribution in [1.82, 2.24) is 24.8 Å². The first-order valence-electron chi connectivity index (χ1n) is 9.62. The van der Waals surface area contributed by atoms with Gasteiger partial charge >= 0.3 is 5.92 Å². The van der Waals surface area contributed by atoms with Crippen molar-refractivity contribution in [2.45, 2.75) is 25.8 Å². The van der Waals surface area contributed by atoms with Gasteiger partial charge in [0.1, 0.15) is 12.2 Å². The molecule has 31 heavy (non-hydrogen) atoms. The fraction of sp³-hybridized carbons (Fsp3) is 0.286. The first-order valence-corrected chi connectivity index (χ1v) is 9.62. The van der Waals surface area contributed by atoms with Gasteiger partial charge in [-0.3, -0.25) is 24.1 Å². The number of nitrogens with zero attached hydrogens (tertiary/aromatic N) is 4. The maximum atomic E-state index is 14.3. The second-order valence-corrected chi connectivity index (χ2v) is 6.87. The predicted molar refractivity (Wildman–Crippen MR) is 111 cm³/mol. The molecule has 2 N–H and O–H groups in total. The third-order valence-electron chi connectivity index (χ3n) is 4.53. The molecule has 0 aliphatic carbocycles. The first-order chi connectivity index (χ1) is 14.9. The van der Waals surface area contributed by atoms with Crippen LogP contribution < -0.4 is 16.2 Å². The van der Waals surface area contributed by atoms with E-state index in [1.54, 1.807) is 19.3 Å². The molecular formula is C21H22F2N6O2. The van der Waals surface area contributed by atoms with Gasteiger partial charge in [-0.05, 0) is 37.1 Å². The van der Waals surface area contributed by atoms with Gasteiger partial charge in [-0.25, -0.2) is 4.98 Å². The Balaban J connectivity index is 1.62. The van der Waals surface area contributed by atoms with E-state index in [0.29, 0.717) is 18.7 Å². The van der Waals surface area contributed by atoms with Gasteiger partial charge in [0.05, 0.1) is 6.54 Å². The number of carbonyl (C=O) groups is 1. The Morgan fingerprint density at radius 1 is 1.13 bits per heavy atom. The lowest BCUT2D eigenvalue weighted by Crippen LogP contribution is -2.36. The average molecular weight is 428 g/mol. The van der Waals surface area contributed by atoms with Gasteiger partial charge in [0.2, 0.25) is 5.91 Å². The summed E-state index contributed by atoms with van der Waals surface area (Å²) >= 11 is 0. The van der Waals surface area contributed by atoms with E-state index in [0.717, 1.165) is 5.56 Å². The molecule has 3 heterocycles. The van der Waals surface area contributed by atoms with Crippen LogP contribution >= 0.6 is 0 Å². The lowest BCUT2D eigenvalue weighted by atomic mass is 10.2. The lowest BCUT2D eigenvalue weighted by Gasteiger charge is -2.17. The Morgan fingerprint density at radius 2 is 1.97 bits per heavy atom. The van der Waals surface area contributed by atoms with Crippen molar-refractivity contribution in [3.05, 3.63) is 82.4 Å². The maximum Gasteiger partial charge on any atom is 0.306 e. The Hall–Kier alpha value is -3.69. The van der Waals surface area contributed by atoms with E-state index in [2.05, 4.69) is 25.6 Å². The second kappa shape index (κ2) is 9.88. The highest BCUT2D eigenvalue weighted by Crippen LogP contribution is 2.25. The van der Waals surface area contributed by atoms with Crippen LogP contribution in [-0.4, -0.2) is 38.5 Å². The monoisotopic (exact) mass is 428 g/mol.